The molecule has 3 amide bonds. The first-order valence-corrected chi connectivity index (χ1v) is 13.7. The molecule has 0 radical (unpaired) electrons. The number of ether oxygens (including phenoxy) is 2. The monoisotopic (exact) mass is 579 g/mol. The maximum atomic E-state index is 12.7. The number of aliphatic hydroxyl groups is 1. The van der Waals surface area contributed by atoms with E-state index in [1.165, 1.54) is 0 Å². The van der Waals surface area contributed by atoms with E-state index in [0.717, 1.165) is 0 Å². The van der Waals surface area contributed by atoms with Gasteiger partial charge in [0.1, 0.15) is 12.6 Å². The quantitative estimate of drug-likeness (QED) is 0.177. The van der Waals surface area contributed by atoms with E-state index in [1.807, 2.05) is 13.8 Å². The Morgan fingerprint density at radius 2 is 1.73 bits per heavy atom. The Balaban J connectivity index is 2.04. The second-order valence-corrected chi connectivity index (χ2v) is 10.9. The third-order valence-electron chi connectivity index (χ3n) is 6.51. The summed E-state index contributed by atoms with van der Waals surface area (Å²) >= 11 is 0. The molecule has 1 aliphatic rings. The number of carbonyl (C=O) groups is 5. The molecule has 1 aliphatic heterocycles. The van der Waals surface area contributed by atoms with Crippen molar-refractivity contribution in [3.63, 3.8) is 0 Å². The Kier molecular flexibility index (Phi) is 13.0. The molecule has 1 heterocycles. The predicted molar refractivity (Wildman–Crippen MR) is 147 cm³/mol. The summed E-state index contributed by atoms with van der Waals surface area (Å²) in [6.45, 7) is 6.80. The summed E-state index contributed by atoms with van der Waals surface area (Å²) in [6, 6.07) is 4.00. The molecule has 4 atom stereocenters. The molecule has 1 fully saturated rings. The first-order valence-electron chi connectivity index (χ1n) is 13.7. The number of rotatable bonds is 14. The smallest absolute Gasteiger partial charge is 0.479 e. The van der Waals surface area contributed by atoms with Crippen molar-refractivity contribution in [2.24, 2.45) is 11.8 Å². The van der Waals surface area contributed by atoms with Gasteiger partial charge in [-0.05, 0) is 54.4 Å². The van der Waals surface area contributed by atoms with Gasteiger partial charge in [0.25, 0.3) is 0 Å². The minimum Gasteiger partial charge on any atom is -0.479 e. The van der Waals surface area contributed by atoms with Crippen LogP contribution in [0.5, 0.6) is 0 Å². The Morgan fingerprint density at radius 3 is 2.34 bits per heavy atom. The van der Waals surface area contributed by atoms with Gasteiger partial charge in [-0.1, -0.05) is 33.8 Å². The van der Waals surface area contributed by atoms with Gasteiger partial charge in [-0.25, -0.2) is 9.59 Å². The fourth-order valence-corrected chi connectivity index (χ4v) is 4.49. The van der Waals surface area contributed by atoms with Crippen molar-refractivity contribution < 1.29 is 48.8 Å². The number of benzene rings is 1. The highest BCUT2D eigenvalue weighted by Gasteiger charge is 2.32. The molecular formula is C28H41N3O10. The zero-order valence-corrected chi connectivity index (χ0v) is 23.8. The molecule has 0 spiro atoms. The third-order valence-corrected chi connectivity index (χ3v) is 6.51. The number of anilines is 1. The highest BCUT2D eigenvalue weighted by Crippen LogP contribution is 2.25. The number of carboxylic acid groups (broad SMARTS) is 2. The lowest BCUT2D eigenvalue weighted by Crippen LogP contribution is -2.51. The van der Waals surface area contributed by atoms with Crippen LogP contribution in [-0.2, 0) is 41.7 Å². The molecule has 0 saturated carbocycles. The van der Waals surface area contributed by atoms with Crippen LogP contribution in [0.3, 0.4) is 0 Å². The van der Waals surface area contributed by atoms with E-state index in [9.17, 15) is 34.2 Å². The van der Waals surface area contributed by atoms with Crippen molar-refractivity contribution >= 4 is 35.5 Å². The molecule has 2 rings (SSSR count). The highest BCUT2D eigenvalue weighted by atomic mass is 16.7. The van der Waals surface area contributed by atoms with Crippen molar-refractivity contribution in [1.29, 1.82) is 0 Å². The van der Waals surface area contributed by atoms with E-state index in [1.54, 1.807) is 32.0 Å². The molecule has 13 nitrogen and oxygen atoms in total. The molecule has 1 aromatic rings. The molecule has 4 unspecified atom stereocenters. The number of amides is 3. The summed E-state index contributed by atoms with van der Waals surface area (Å²) < 4.78 is 10.3. The Bertz CT molecular complexity index is 1090. The fraction of sp³-hybridized carbons (Fsp3) is 0.607. The van der Waals surface area contributed by atoms with Gasteiger partial charge >= 0.3 is 12.1 Å². The summed E-state index contributed by atoms with van der Waals surface area (Å²) in [6.07, 6.45) is -2.70. The molecule has 1 saturated heterocycles. The lowest BCUT2D eigenvalue weighted by molar-refractivity contribution is -0.166. The molecule has 41 heavy (non-hydrogen) atoms. The van der Waals surface area contributed by atoms with Crippen molar-refractivity contribution in [3.05, 3.63) is 29.3 Å². The Morgan fingerprint density at radius 1 is 1.02 bits per heavy atom. The highest BCUT2D eigenvalue weighted by molar-refractivity contribution is 5.96. The molecule has 0 aliphatic carbocycles. The molecule has 13 heteroatoms. The van der Waals surface area contributed by atoms with Crippen molar-refractivity contribution in [2.75, 3.05) is 11.9 Å². The second kappa shape index (κ2) is 15.9. The van der Waals surface area contributed by atoms with Gasteiger partial charge < -0.3 is 40.7 Å². The SMILES string of the molecule is CC(C)CC(=O)NC(C(=O)NCC(=O)Nc1ccc(COC(=O)O)c(CCC2CC(O)CC(C(=O)O)O2)c1)C(C)C. The first-order chi connectivity index (χ1) is 19.2. The van der Waals surface area contributed by atoms with Gasteiger partial charge in [0.15, 0.2) is 6.10 Å². The van der Waals surface area contributed by atoms with E-state index < -0.39 is 48.3 Å². The van der Waals surface area contributed by atoms with Crippen molar-refractivity contribution in [1.82, 2.24) is 10.6 Å². The van der Waals surface area contributed by atoms with Gasteiger partial charge in [0.05, 0.1) is 18.8 Å². The number of nitrogens with one attached hydrogen (secondary N) is 3. The van der Waals surface area contributed by atoms with Crippen LogP contribution in [-0.4, -0.2) is 76.1 Å². The summed E-state index contributed by atoms with van der Waals surface area (Å²) in [5.41, 5.74) is 1.56. The third kappa shape index (κ3) is 11.7. The van der Waals surface area contributed by atoms with Crippen LogP contribution in [0.15, 0.2) is 18.2 Å². The van der Waals surface area contributed by atoms with Crippen LogP contribution in [0, 0.1) is 11.8 Å². The van der Waals surface area contributed by atoms with Crippen molar-refractivity contribution in [2.45, 2.75) is 90.8 Å². The summed E-state index contributed by atoms with van der Waals surface area (Å²) in [5.74, 6) is -2.46. The van der Waals surface area contributed by atoms with E-state index in [-0.39, 0.29) is 50.2 Å². The molecule has 0 aromatic heterocycles. The standard InChI is InChI=1S/C28H41N3O10/c1-15(2)9-23(33)31-25(16(3)4)26(35)29-13-24(34)30-19-7-5-18(14-40-28(38)39)17(10-19)6-8-21-11-20(32)12-22(41-21)27(36)37/h5,7,10,15-16,20-22,25,32H,6,8-9,11-14H2,1-4H3,(H,29,35)(H,30,34)(H,31,33)(H,36,37)(H,38,39). The van der Waals surface area contributed by atoms with E-state index in [0.29, 0.717) is 29.7 Å². The maximum absolute atomic E-state index is 12.7. The van der Waals surface area contributed by atoms with Crippen LogP contribution >= 0.6 is 0 Å². The maximum Gasteiger partial charge on any atom is 0.506 e. The topological polar surface area (TPSA) is 201 Å². The Hall–Kier alpha value is -3.71. The lowest BCUT2D eigenvalue weighted by atomic mass is 9.94. The predicted octanol–water partition coefficient (Wildman–Crippen LogP) is 2.05. The molecular weight excluding hydrogens is 538 g/mol. The number of carboxylic acids is 1. The van der Waals surface area contributed by atoms with Gasteiger partial charge in [0, 0.05) is 18.5 Å². The largest absolute Gasteiger partial charge is 0.506 e. The van der Waals surface area contributed by atoms with Crippen LogP contribution in [0.4, 0.5) is 10.5 Å². The minimum atomic E-state index is -1.45. The van der Waals surface area contributed by atoms with E-state index >= 15 is 0 Å². The number of aliphatic hydroxyl groups excluding tert-OH is 1. The number of hydrogen-bond donors (Lipinski definition) is 6. The lowest BCUT2D eigenvalue weighted by Gasteiger charge is -2.31. The van der Waals surface area contributed by atoms with Gasteiger partial charge in [0.2, 0.25) is 17.7 Å². The van der Waals surface area contributed by atoms with Gasteiger partial charge in [-0.15, -0.1) is 0 Å². The fourth-order valence-electron chi connectivity index (χ4n) is 4.49. The van der Waals surface area contributed by atoms with Crippen LogP contribution in [0.2, 0.25) is 0 Å². The molecule has 6 N–H and O–H groups in total. The van der Waals surface area contributed by atoms with Crippen LogP contribution in [0.1, 0.15) is 64.5 Å². The molecule has 228 valence electrons. The van der Waals surface area contributed by atoms with E-state index in [4.69, 9.17) is 14.6 Å². The van der Waals surface area contributed by atoms with Crippen LogP contribution in [0.25, 0.3) is 0 Å². The summed E-state index contributed by atoms with van der Waals surface area (Å²) in [5, 5.41) is 36.2. The first kappa shape index (κ1) is 33.5. The van der Waals surface area contributed by atoms with E-state index in [2.05, 4.69) is 16.0 Å². The normalized spacial score (nSPS) is 19.3. The summed E-state index contributed by atoms with van der Waals surface area (Å²) in [7, 11) is 0. The van der Waals surface area contributed by atoms with Crippen LogP contribution < -0.4 is 16.0 Å². The average molecular weight is 580 g/mol. The zero-order valence-electron chi connectivity index (χ0n) is 23.8. The zero-order chi connectivity index (χ0) is 30.7. The molecule has 1 aromatic carbocycles. The molecule has 0 bridgehead atoms. The number of carbonyl (C=O) groups excluding carboxylic acids is 3. The number of aliphatic carboxylic acids is 1. The minimum absolute atomic E-state index is 0.00379. The summed E-state index contributed by atoms with van der Waals surface area (Å²) in [4.78, 5) is 59.7. The van der Waals surface area contributed by atoms with Crippen molar-refractivity contribution in [3.8, 4) is 0 Å². The number of aryl methyl sites for hydroxylation is 1. The van der Waals surface area contributed by atoms with Gasteiger partial charge in [-0.3, -0.25) is 14.4 Å². The number of hydrogen-bond acceptors (Lipinski definition) is 8. The second-order valence-electron chi connectivity index (χ2n) is 10.9. The van der Waals surface area contributed by atoms with Gasteiger partial charge in [-0.2, -0.15) is 0 Å². The average Bonchev–Trinajstić information content (AvgIpc) is 2.87. The Labute approximate surface area is 239 Å².